The van der Waals surface area contributed by atoms with Crippen LogP contribution in [0, 0.1) is 6.92 Å². The minimum Gasteiger partial charge on any atom is -0.208 e. The summed E-state index contributed by atoms with van der Waals surface area (Å²) in [6, 6.07) is 1.63. The smallest absolute Gasteiger partial charge is 0.208 e. The second kappa shape index (κ2) is 5.62. The van der Waals surface area contributed by atoms with Gasteiger partial charge in [-0.15, -0.1) is 11.3 Å². The van der Waals surface area contributed by atoms with Crippen molar-refractivity contribution in [3.8, 4) is 0 Å². The van der Waals surface area contributed by atoms with Crippen LogP contribution >= 0.6 is 27.3 Å². The molecule has 0 aliphatic heterocycles. The van der Waals surface area contributed by atoms with Gasteiger partial charge >= 0.3 is 0 Å². The zero-order chi connectivity index (χ0) is 12.3. The molecule has 6 heteroatoms. The van der Waals surface area contributed by atoms with Crippen LogP contribution in [0.4, 0.5) is 0 Å². The molecule has 0 aliphatic carbocycles. The fourth-order valence-corrected chi connectivity index (χ4v) is 5.21. The van der Waals surface area contributed by atoms with Crippen molar-refractivity contribution in [3.63, 3.8) is 0 Å². The summed E-state index contributed by atoms with van der Waals surface area (Å²) >= 11 is 4.73. The number of thiophene rings is 1. The fourth-order valence-electron chi connectivity index (χ4n) is 1.52. The highest BCUT2D eigenvalue weighted by atomic mass is 79.9. The predicted molar refractivity (Wildman–Crippen MR) is 71.4 cm³/mol. The Balaban J connectivity index is 2.90. The summed E-state index contributed by atoms with van der Waals surface area (Å²) in [6.45, 7) is 5.74. The van der Waals surface area contributed by atoms with Crippen LogP contribution in [0.5, 0.6) is 0 Å². The van der Waals surface area contributed by atoms with Crippen LogP contribution in [-0.2, 0) is 10.0 Å². The minimum atomic E-state index is -3.36. The van der Waals surface area contributed by atoms with Crippen LogP contribution in [-0.4, -0.2) is 14.5 Å². The van der Waals surface area contributed by atoms with Crippen LogP contribution < -0.4 is 4.72 Å². The molecule has 0 bridgehead atoms. The molecule has 3 nitrogen and oxygen atoms in total. The van der Waals surface area contributed by atoms with E-state index < -0.39 is 10.0 Å². The molecule has 0 amide bonds. The maximum Gasteiger partial charge on any atom is 0.241 e. The molecule has 0 radical (unpaired) electrons. The Kier molecular flexibility index (Phi) is 4.97. The van der Waals surface area contributed by atoms with Gasteiger partial charge in [0.15, 0.2) is 0 Å². The zero-order valence-electron chi connectivity index (χ0n) is 9.58. The third-order valence-electron chi connectivity index (χ3n) is 2.21. The molecule has 16 heavy (non-hydrogen) atoms. The summed E-state index contributed by atoms with van der Waals surface area (Å²) in [5.74, 6) is 0. The Bertz CT molecular complexity index is 453. The van der Waals surface area contributed by atoms with Crippen molar-refractivity contribution in [2.75, 3.05) is 0 Å². The molecule has 1 heterocycles. The molecule has 0 saturated heterocycles. The highest BCUT2D eigenvalue weighted by Crippen LogP contribution is 2.29. The highest BCUT2D eigenvalue weighted by molar-refractivity contribution is 9.11. The molecular formula is C10H16BrNO2S2. The van der Waals surface area contributed by atoms with Gasteiger partial charge in [0.25, 0.3) is 0 Å². The normalized spacial score (nSPS) is 14.0. The van der Waals surface area contributed by atoms with E-state index in [0.29, 0.717) is 4.90 Å². The lowest BCUT2D eigenvalue weighted by Gasteiger charge is -2.12. The molecule has 1 aromatic rings. The molecule has 1 aromatic heterocycles. The molecule has 1 unspecified atom stereocenters. The van der Waals surface area contributed by atoms with E-state index in [4.69, 9.17) is 0 Å². The third kappa shape index (κ3) is 3.55. The first kappa shape index (κ1) is 14.2. The number of aryl methyl sites for hydroxylation is 1. The quantitative estimate of drug-likeness (QED) is 0.902. The second-order valence-electron chi connectivity index (χ2n) is 3.78. The van der Waals surface area contributed by atoms with Gasteiger partial charge in [0.1, 0.15) is 0 Å². The summed E-state index contributed by atoms with van der Waals surface area (Å²) in [6.07, 6.45) is 1.82. The number of rotatable bonds is 5. The number of halogens is 1. The van der Waals surface area contributed by atoms with E-state index in [1.54, 1.807) is 6.07 Å². The molecule has 0 saturated carbocycles. The van der Waals surface area contributed by atoms with Crippen molar-refractivity contribution in [3.05, 3.63) is 14.7 Å². The van der Waals surface area contributed by atoms with Gasteiger partial charge in [-0.3, -0.25) is 0 Å². The van der Waals surface area contributed by atoms with E-state index in [9.17, 15) is 8.42 Å². The Morgan fingerprint density at radius 1 is 1.56 bits per heavy atom. The minimum absolute atomic E-state index is 0.0203. The fraction of sp³-hybridized carbons (Fsp3) is 0.600. The Labute approximate surface area is 109 Å². The van der Waals surface area contributed by atoms with Crippen LogP contribution in [0.15, 0.2) is 14.7 Å². The standard InChI is InChI=1S/C10H16BrNO2S2/c1-4-5-7(2)12-16(13,14)9-6-10(11)15-8(9)3/h6-7,12H,4-5H2,1-3H3. The second-order valence-corrected chi connectivity index (χ2v) is 8.10. The van der Waals surface area contributed by atoms with Gasteiger partial charge in [0.05, 0.1) is 8.68 Å². The first-order valence-corrected chi connectivity index (χ1v) is 8.24. The van der Waals surface area contributed by atoms with Crippen molar-refractivity contribution in [1.82, 2.24) is 4.72 Å². The van der Waals surface area contributed by atoms with Crippen molar-refractivity contribution in [1.29, 1.82) is 0 Å². The summed E-state index contributed by atoms with van der Waals surface area (Å²) in [4.78, 5) is 1.19. The lowest BCUT2D eigenvalue weighted by molar-refractivity contribution is 0.544. The van der Waals surface area contributed by atoms with Crippen molar-refractivity contribution >= 4 is 37.3 Å². The summed E-state index contributed by atoms with van der Waals surface area (Å²) in [5.41, 5.74) is 0. The van der Waals surface area contributed by atoms with Crippen LogP contribution in [0.25, 0.3) is 0 Å². The largest absolute Gasteiger partial charge is 0.241 e. The SMILES string of the molecule is CCCC(C)NS(=O)(=O)c1cc(Br)sc1C. The topological polar surface area (TPSA) is 46.2 Å². The maximum absolute atomic E-state index is 12.0. The van der Waals surface area contributed by atoms with Gasteiger partial charge in [-0.05, 0) is 42.3 Å². The van der Waals surface area contributed by atoms with Crippen molar-refractivity contribution in [2.45, 2.75) is 44.6 Å². The van der Waals surface area contributed by atoms with Gasteiger partial charge in [-0.2, -0.15) is 0 Å². The van der Waals surface area contributed by atoms with Crippen molar-refractivity contribution in [2.24, 2.45) is 0 Å². The van der Waals surface area contributed by atoms with Gasteiger partial charge in [-0.1, -0.05) is 13.3 Å². The molecule has 1 N–H and O–H groups in total. The Morgan fingerprint density at radius 3 is 2.62 bits per heavy atom. The van der Waals surface area contributed by atoms with E-state index in [-0.39, 0.29) is 6.04 Å². The van der Waals surface area contributed by atoms with Gasteiger partial charge in [0, 0.05) is 10.9 Å². The monoisotopic (exact) mass is 325 g/mol. The molecule has 0 fully saturated rings. The van der Waals surface area contributed by atoms with Gasteiger partial charge < -0.3 is 0 Å². The molecule has 1 atom stereocenters. The van der Waals surface area contributed by atoms with E-state index in [0.717, 1.165) is 21.5 Å². The van der Waals surface area contributed by atoms with E-state index in [1.165, 1.54) is 11.3 Å². The molecular weight excluding hydrogens is 310 g/mol. The number of hydrogen-bond donors (Lipinski definition) is 1. The third-order valence-corrected chi connectivity index (χ3v) is 5.61. The van der Waals surface area contributed by atoms with Crippen LogP contribution in [0.2, 0.25) is 0 Å². The molecule has 92 valence electrons. The number of sulfonamides is 1. The van der Waals surface area contributed by atoms with Crippen LogP contribution in [0.3, 0.4) is 0 Å². The number of hydrogen-bond acceptors (Lipinski definition) is 3. The van der Waals surface area contributed by atoms with Gasteiger partial charge in [-0.25, -0.2) is 13.1 Å². The first-order chi connectivity index (χ1) is 7.36. The summed E-state index contributed by atoms with van der Waals surface area (Å²) in [7, 11) is -3.36. The molecule has 0 aromatic carbocycles. The lowest BCUT2D eigenvalue weighted by Crippen LogP contribution is -2.32. The first-order valence-electron chi connectivity index (χ1n) is 5.15. The Hall–Kier alpha value is 0.0900. The lowest BCUT2D eigenvalue weighted by atomic mass is 10.2. The van der Waals surface area contributed by atoms with Crippen molar-refractivity contribution < 1.29 is 8.42 Å². The summed E-state index contributed by atoms with van der Waals surface area (Å²) in [5, 5.41) is 0. The van der Waals surface area contributed by atoms with E-state index in [2.05, 4.69) is 20.7 Å². The molecule has 1 rings (SSSR count). The summed E-state index contributed by atoms with van der Waals surface area (Å²) < 4.78 is 27.6. The number of nitrogens with one attached hydrogen (secondary N) is 1. The Morgan fingerprint density at radius 2 is 2.19 bits per heavy atom. The molecule has 0 spiro atoms. The van der Waals surface area contributed by atoms with Crippen LogP contribution in [0.1, 0.15) is 31.6 Å². The van der Waals surface area contributed by atoms with Gasteiger partial charge in [0.2, 0.25) is 10.0 Å². The molecule has 0 aliphatic rings. The van der Waals surface area contributed by atoms with E-state index in [1.807, 2.05) is 20.8 Å². The zero-order valence-corrected chi connectivity index (χ0v) is 12.8. The average molecular weight is 326 g/mol. The highest BCUT2D eigenvalue weighted by Gasteiger charge is 2.21. The average Bonchev–Trinajstić information content (AvgIpc) is 2.45. The van der Waals surface area contributed by atoms with E-state index >= 15 is 0 Å². The predicted octanol–water partition coefficient (Wildman–Crippen LogP) is 3.29. The maximum atomic E-state index is 12.0.